The van der Waals surface area contributed by atoms with Crippen LogP contribution in [-0.4, -0.2) is 10.2 Å². The third-order valence-corrected chi connectivity index (χ3v) is 3.61. The van der Waals surface area contributed by atoms with Gasteiger partial charge in [0.25, 0.3) is 0 Å². The number of aromatic nitrogens is 2. The van der Waals surface area contributed by atoms with Crippen LogP contribution < -0.4 is 5.32 Å². The highest BCUT2D eigenvalue weighted by molar-refractivity contribution is 14.1. The molecule has 2 N–H and O–H groups in total. The van der Waals surface area contributed by atoms with Gasteiger partial charge in [-0.2, -0.15) is 5.10 Å². The number of rotatable bonds is 3. The number of benzene rings is 1. The number of hydrogen-bond donors (Lipinski definition) is 2. The Hall–Kier alpha value is -1.04. The molecule has 0 fully saturated rings. The molecule has 0 saturated heterocycles. The van der Waals surface area contributed by atoms with E-state index in [1.165, 1.54) is 20.4 Å². The SMILES string of the molecule is Cc1ccc(I)cc1NCc1c(C)n[nH]c1C. The van der Waals surface area contributed by atoms with Crippen LogP contribution >= 0.6 is 22.6 Å². The summed E-state index contributed by atoms with van der Waals surface area (Å²) in [5.41, 5.74) is 5.92. The van der Waals surface area contributed by atoms with Gasteiger partial charge in [0, 0.05) is 27.1 Å². The first-order valence-corrected chi connectivity index (χ1v) is 6.66. The van der Waals surface area contributed by atoms with Crippen LogP contribution in [0, 0.1) is 24.3 Å². The summed E-state index contributed by atoms with van der Waals surface area (Å²) < 4.78 is 1.25. The lowest BCUT2D eigenvalue weighted by atomic mass is 10.1. The van der Waals surface area contributed by atoms with Gasteiger partial charge < -0.3 is 5.32 Å². The van der Waals surface area contributed by atoms with Crippen LogP contribution in [0.1, 0.15) is 22.5 Å². The van der Waals surface area contributed by atoms with E-state index in [1.807, 2.05) is 6.92 Å². The van der Waals surface area contributed by atoms with Gasteiger partial charge in [0.05, 0.1) is 5.69 Å². The Kier molecular flexibility index (Phi) is 3.71. The molecule has 1 heterocycles. The van der Waals surface area contributed by atoms with Crippen molar-refractivity contribution in [2.24, 2.45) is 0 Å². The molecule has 2 rings (SSSR count). The normalized spacial score (nSPS) is 10.6. The van der Waals surface area contributed by atoms with Crippen LogP contribution in [0.2, 0.25) is 0 Å². The Bertz CT molecular complexity index is 512. The Morgan fingerprint density at radius 1 is 1.29 bits per heavy atom. The molecule has 0 unspecified atom stereocenters. The van der Waals surface area contributed by atoms with Crippen LogP contribution in [0.25, 0.3) is 0 Å². The first kappa shape index (κ1) is 12.4. The Morgan fingerprint density at radius 2 is 2.06 bits per heavy atom. The number of aromatic amines is 1. The second-order valence-electron chi connectivity index (χ2n) is 4.23. The summed E-state index contributed by atoms with van der Waals surface area (Å²) in [6, 6.07) is 6.43. The fourth-order valence-electron chi connectivity index (χ4n) is 1.80. The number of nitrogens with zero attached hydrogens (tertiary/aromatic N) is 1. The largest absolute Gasteiger partial charge is 0.381 e. The Balaban J connectivity index is 2.15. The molecule has 17 heavy (non-hydrogen) atoms. The van der Waals surface area contributed by atoms with Crippen LogP contribution in [0.5, 0.6) is 0 Å². The number of nitrogens with one attached hydrogen (secondary N) is 2. The van der Waals surface area contributed by atoms with Gasteiger partial charge in [-0.1, -0.05) is 6.07 Å². The highest BCUT2D eigenvalue weighted by Crippen LogP contribution is 2.20. The van der Waals surface area contributed by atoms with Crippen LogP contribution in [0.15, 0.2) is 18.2 Å². The zero-order chi connectivity index (χ0) is 12.4. The summed E-state index contributed by atoms with van der Waals surface area (Å²) in [6.07, 6.45) is 0. The molecule has 1 aromatic carbocycles. The Labute approximate surface area is 115 Å². The molecule has 0 aliphatic rings. The van der Waals surface area contributed by atoms with E-state index in [0.29, 0.717) is 0 Å². The molecule has 1 aromatic heterocycles. The lowest BCUT2D eigenvalue weighted by Gasteiger charge is -2.10. The van der Waals surface area contributed by atoms with Crippen molar-refractivity contribution in [3.8, 4) is 0 Å². The molecule has 0 bridgehead atoms. The van der Waals surface area contributed by atoms with E-state index >= 15 is 0 Å². The van der Waals surface area contributed by atoms with Gasteiger partial charge >= 0.3 is 0 Å². The van der Waals surface area contributed by atoms with Gasteiger partial charge in [-0.3, -0.25) is 5.10 Å². The van der Waals surface area contributed by atoms with E-state index in [9.17, 15) is 0 Å². The predicted octanol–water partition coefficient (Wildman–Crippen LogP) is 3.55. The molecule has 0 aliphatic carbocycles. The topological polar surface area (TPSA) is 40.7 Å². The lowest BCUT2D eigenvalue weighted by molar-refractivity contribution is 1.02. The molecule has 0 aliphatic heterocycles. The molecule has 2 aromatic rings. The van der Waals surface area contributed by atoms with Crippen molar-refractivity contribution < 1.29 is 0 Å². The Morgan fingerprint density at radius 3 is 2.71 bits per heavy atom. The minimum Gasteiger partial charge on any atom is -0.381 e. The molecular weight excluding hydrogens is 325 g/mol. The maximum Gasteiger partial charge on any atom is 0.0643 e. The maximum atomic E-state index is 4.20. The van der Waals surface area contributed by atoms with E-state index in [4.69, 9.17) is 0 Å². The van der Waals surface area contributed by atoms with E-state index < -0.39 is 0 Å². The lowest BCUT2D eigenvalue weighted by Crippen LogP contribution is -2.03. The van der Waals surface area contributed by atoms with Gasteiger partial charge in [-0.25, -0.2) is 0 Å². The fourth-order valence-corrected chi connectivity index (χ4v) is 2.29. The van der Waals surface area contributed by atoms with Gasteiger partial charge in [-0.05, 0) is 61.1 Å². The predicted molar refractivity (Wildman–Crippen MR) is 79.3 cm³/mol. The van der Waals surface area contributed by atoms with Gasteiger partial charge in [0.2, 0.25) is 0 Å². The summed E-state index contributed by atoms with van der Waals surface area (Å²) in [4.78, 5) is 0. The summed E-state index contributed by atoms with van der Waals surface area (Å²) in [5.74, 6) is 0. The van der Waals surface area contributed by atoms with Gasteiger partial charge in [0.15, 0.2) is 0 Å². The number of hydrogen-bond acceptors (Lipinski definition) is 2. The molecule has 4 heteroatoms. The van der Waals surface area contributed by atoms with Crippen molar-refractivity contribution in [2.45, 2.75) is 27.3 Å². The monoisotopic (exact) mass is 341 g/mol. The van der Waals surface area contributed by atoms with Crippen molar-refractivity contribution >= 4 is 28.3 Å². The van der Waals surface area contributed by atoms with Crippen molar-refractivity contribution in [3.63, 3.8) is 0 Å². The molecule has 0 radical (unpaired) electrons. The molecule has 0 atom stereocenters. The fraction of sp³-hybridized carbons (Fsp3) is 0.308. The summed E-state index contributed by atoms with van der Waals surface area (Å²) in [5, 5.41) is 10.7. The average Bonchev–Trinajstić information content (AvgIpc) is 2.61. The van der Waals surface area contributed by atoms with Crippen molar-refractivity contribution in [1.82, 2.24) is 10.2 Å². The first-order valence-electron chi connectivity index (χ1n) is 5.58. The molecule has 90 valence electrons. The third-order valence-electron chi connectivity index (χ3n) is 2.94. The van der Waals surface area contributed by atoms with Crippen LogP contribution in [0.3, 0.4) is 0 Å². The summed E-state index contributed by atoms with van der Waals surface area (Å²) in [6.45, 7) is 7.02. The molecule has 0 saturated carbocycles. The number of halogens is 1. The second-order valence-corrected chi connectivity index (χ2v) is 5.47. The van der Waals surface area contributed by atoms with Gasteiger partial charge in [0.1, 0.15) is 0 Å². The zero-order valence-electron chi connectivity index (χ0n) is 10.3. The number of anilines is 1. The minimum atomic E-state index is 0.815. The molecular formula is C13H16IN3. The maximum absolute atomic E-state index is 4.20. The highest BCUT2D eigenvalue weighted by atomic mass is 127. The molecule has 0 spiro atoms. The van der Waals surface area contributed by atoms with Gasteiger partial charge in [-0.15, -0.1) is 0 Å². The first-order chi connectivity index (χ1) is 8.08. The second kappa shape index (κ2) is 5.08. The van der Waals surface area contributed by atoms with Crippen LogP contribution in [-0.2, 0) is 6.54 Å². The standard InChI is InChI=1S/C13H16IN3/c1-8-4-5-11(14)6-13(8)15-7-12-9(2)16-17-10(12)3/h4-6,15H,7H2,1-3H3,(H,16,17). The summed E-state index contributed by atoms with van der Waals surface area (Å²) >= 11 is 2.33. The number of H-pyrrole nitrogens is 1. The third kappa shape index (κ3) is 2.80. The molecule has 0 amide bonds. The van der Waals surface area contributed by atoms with E-state index in [0.717, 1.165) is 17.9 Å². The average molecular weight is 341 g/mol. The minimum absolute atomic E-state index is 0.815. The highest BCUT2D eigenvalue weighted by Gasteiger charge is 2.06. The van der Waals surface area contributed by atoms with Crippen molar-refractivity contribution in [1.29, 1.82) is 0 Å². The van der Waals surface area contributed by atoms with E-state index in [-0.39, 0.29) is 0 Å². The van der Waals surface area contributed by atoms with Crippen LogP contribution in [0.4, 0.5) is 5.69 Å². The molecule has 3 nitrogen and oxygen atoms in total. The number of aryl methyl sites for hydroxylation is 3. The van der Waals surface area contributed by atoms with E-state index in [1.54, 1.807) is 0 Å². The van der Waals surface area contributed by atoms with E-state index in [2.05, 4.69) is 70.2 Å². The summed E-state index contributed by atoms with van der Waals surface area (Å²) in [7, 11) is 0. The quantitative estimate of drug-likeness (QED) is 0.839. The van der Waals surface area contributed by atoms with Crippen molar-refractivity contribution in [3.05, 3.63) is 44.3 Å². The zero-order valence-corrected chi connectivity index (χ0v) is 12.4. The van der Waals surface area contributed by atoms with Crippen molar-refractivity contribution in [2.75, 3.05) is 5.32 Å². The smallest absolute Gasteiger partial charge is 0.0643 e.